The fourth-order valence-corrected chi connectivity index (χ4v) is 1.95. The van der Waals surface area contributed by atoms with E-state index < -0.39 is 5.82 Å². The highest BCUT2D eigenvalue weighted by Crippen LogP contribution is 2.27. The first-order valence-corrected chi connectivity index (χ1v) is 6.56. The van der Waals surface area contributed by atoms with E-state index in [1.54, 1.807) is 18.2 Å². The molecule has 0 saturated heterocycles. The number of benzene rings is 1. The zero-order valence-corrected chi connectivity index (χ0v) is 12.3. The van der Waals surface area contributed by atoms with Gasteiger partial charge in [-0.1, -0.05) is 11.6 Å². The standard InChI is InChI=1S/C11H6Br2ClFN2/c12-6-3-10(15)11(16-5-6)17-7-1-2-8(13)9(14)4-7/h1-5H,(H,16,17). The minimum atomic E-state index is -0.432. The number of aromatic nitrogens is 1. The zero-order valence-electron chi connectivity index (χ0n) is 8.35. The van der Waals surface area contributed by atoms with Gasteiger partial charge in [-0.15, -0.1) is 0 Å². The summed E-state index contributed by atoms with van der Waals surface area (Å²) in [5, 5.41) is 3.40. The minimum Gasteiger partial charge on any atom is -0.338 e. The Labute approximate surface area is 119 Å². The molecular formula is C11H6Br2ClFN2. The molecule has 17 heavy (non-hydrogen) atoms. The molecule has 0 aliphatic rings. The lowest BCUT2D eigenvalue weighted by molar-refractivity contribution is 0.625. The molecule has 1 aromatic carbocycles. The topological polar surface area (TPSA) is 24.9 Å². The number of nitrogens with zero attached hydrogens (tertiary/aromatic N) is 1. The van der Waals surface area contributed by atoms with Crippen LogP contribution in [-0.2, 0) is 0 Å². The first-order chi connectivity index (χ1) is 8.06. The Morgan fingerprint density at radius 3 is 2.65 bits per heavy atom. The summed E-state index contributed by atoms with van der Waals surface area (Å²) in [5.41, 5.74) is 0.673. The number of nitrogens with one attached hydrogen (secondary N) is 1. The van der Waals surface area contributed by atoms with E-state index in [1.165, 1.54) is 12.3 Å². The molecule has 2 aromatic rings. The van der Waals surface area contributed by atoms with Gasteiger partial charge in [0, 0.05) is 20.8 Å². The summed E-state index contributed by atoms with van der Waals surface area (Å²) in [6.45, 7) is 0. The largest absolute Gasteiger partial charge is 0.338 e. The van der Waals surface area contributed by atoms with Crippen LogP contribution in [0.1, 0.15) is 0 Å². The summed E-state index contributed by atoms with van der Waals surface area (Å²) < 4.78 is 14.9. The van der Waals surface area contributed by atoms with Crippen molar-refractivity contribution >= 4 is 55.0 Å². The van der Waals surface area contributed by atoms with Gasteiger partial charge in [-0.3, -0.25) is 0 Å². The van der Waals surface area contributed by atoms with Gasteiger partial charge >= 0.3 is 0 Å². The molecule has 1 heterocycles. The summed E-state index contributed by atoms with van der Waals surface area (Å²) in [4.78, 5) is 3.94. The van der Waals surface area contributed by atoms with E-state index in [4.69, 9.17) is 11.6 Å². The van der Waals surface area contributed by atoms with E-state index in [0.717, 1.165) is 4.47 Å². The average Bonchev–Trinajstić information content (AvgIpc) is 2.27. The van der Waals surface area contributed by atoms with Gasteiger partial charge in [-0.2, -0.15) is 0 Å². The molecule has 0 aliphatic heterocycles. The fraction of sp³-hybridized carbons (Fsp3) is 0. The second kappa shape index (κ2) is 5.33. The van der Waals surface area contributed by atoms with Crippen molar-refractivity contribution in [3.8, 4) is 0 Å². The summed E-state index contributed by atoms with van der Waals surface area (Å²) in [5.74, 6) is -0.273. The quantitative estimate of drug-likeness (QED) is 0.780. The fourth-order valence-electron chi connectivity index (χ4n) is 1.22. The molecule has 0 bridgehead atoms. The average molecular weight is 380 g/mol. The third kappa shape index (κ3) is 3.18. The second-order valence-electron chi connectivity index (χ2n) is 3.24. The summed E-state index contributed by atoms with van der Waals surface area (Å²) in [7, 11) is 0. The zero-order chi connectivity index (χ0) is 12.4. The molecule has 1 N–H and O–H groups in total. The number of rotatable bonds is 2. The van der Waals surface area contributed by atoms with E-state index >= 15 is 0 Å². The monoisotopic (exact) mass is 378 g/mol. The minimum absolute atomic E-state index is 0.159. The first-order valence-electron chi connectivity index (χ1n) is 4.59. The van der Waals surface area contributed by atoms with Crippen LogP contribution < -0.4 is 5.32 Å². The molecule has 2 rings (SSSR count). The number of hydrogen-bond acceptors (Lipinski definition) is 2. The van der Waals surface area contributed by atoms with Gasteiger partial charge in [0.25, 0.3) is 0 Å². The predicted molar refractivity (Wildman–Crippen MR) is 74.3 cm³/mol. The van der Waals surface area contributed by atoms with Gasteiger partial charge < -0.3 is 5.32 Å². The number of pyridine rings is 1. The lowest BCUT2D eigenvalue weighted by Gasteiger charge is -2.07. The molecule has 1 aromatic heterocycles. The van der Waals surface area contributed by atoms with Crippen LogP contribution in [0.4, 0.5) is 15.9 Å². The summed E-state index contributed by atoms with van der Waals surface area (Å²) >= 11 is 12.4. The molecule has 0 fully saturated rings. The van der Waals surface area contributed by atoms with Crippen LogP contribution in [0.25, 0.3) is 0 Å². The Morgan fingerprint density at radius 2 is 2.00 bits per heavy atom. The molecule has 0 atom stereocenters. The van der Waals surface area contributed by atoms with Gasteiger partial charge in [0.1, 0.15) is 0 Å². The highest BCUT2D eigenvalue weighted by molar-refractivity contribution is 9.10. The van der Waals surface area contributed by atoms with Crippen LogP contribution in [0.5, 0.6) is 0 Å². The van der Waals surface area contributed by atoms with Crippen molar-refractivity contribution in [3.63, 3.8) is 0 Å². The van der Waals surface area contributed by atoms with Gasteiger partial charge in [-0.05, 0) is 56.1 Å². The highest BCUT2D eigenvalue weighted by Gasteiger charge is 2.06. The third-order valence-electron chi connectivity index (χ3n) is 1.99. The maximum absolute atomic E-state index is 13.5. The Morgan fingerprint density at radius 1 is 1.24 bits per heavy atom. The normalized spacial score (nSPS) is 10.4. The third-order valence-corrected chi connectivity index (χ3v) is 3.66. The molecule has 88 valence electrons. The van der Waals surface area contributed by atoms with Crippen LogP contribution >= 0.6 is 43.5 Å². The molecule has 2 nitrogen and oxygen atoms in total. The van der Waals surface area contributed by atoms with Gasteiger partial charge in [-0.25, -0.2) is 9.37 Å². The Bertz CT molecular complexity index is 563. The molecular weight excluding hydrogens is 374 g/mol. The van der Waals surface area contributed by atoms with Crippen LogP contribution in [-0.4, -0.2) is 4.98 Å². The lowest BCUT2D eigenvalue weighted by Crippen LogP contribution is -1.96. The van der Waals surface area contributed by atoms with Crippen LogP contribution in [0.2, 0.25) is 5.02 Å². The summed E-state index contributed by atoms with van der Waals surface area (Å²) in [6, 6.07) is 6.59. The maximum atomic E-state index is 13.5. The first kappa shape index (κ1) is 12.8. The van der Waals surface area contributed by atoms with E-state index in [1.807, 2.05) is 0 Å². The van der Waals surface area contributed by atoms with Crippen molar-refractivity contribution in [1.82, 2.24) is 4.98 Å². The molecule has 0 amide bonds. The molecule has 0 aliphatic carbocycles. The van der Waals surface area contributed by atoms with Crippen molar-refractivity contribution in [2.45, 2.75) is 0 Å². The van der Waals surface area contributed by atoms with Gasteiger partial charge in [0.05, 0.1) is 5.02 Å². The smallest absolute Gasteiger partial charge is 0.166 e. The van der Waals surface area contributed by atoms with Gasteiger partial charge in [0.2, 0.25) is 0 Å². The predicted octanol–water partition coefficient (Wildman–Crippen LogP) is 5.14. The van der Waals surface area contributed by atoms with E-state index in [9.17, 15) is 4.39 Å². The Kier molecular flexibility index (Phi) is 4.01. The van der Waals surface area contributed by atoms with Gasteiger partial charge in [0.15, 0.2) is 11.6 Å². The van der Waals surface area contributed by atoms with E-state index in [0.29, 0.717) is 15.2 Å². The SMILES string of the molecule is Fc1cc(Br)cnc1Nc1ccc(Br)c(Cl)c1. The van der Waals surface area contributed by atoms with E-state index in [-0.39, 0.29) is 5.82 Å². The summed E-state index contributed by atoms with van der Waals surface area (Å²) in [6.07, 6.45) is 1.52. The molecule has 6 heteroatoms. The molecule has 0 spiro atoms. The second-order valence-corrected chi connectivity index (χ2v) is 5.42. The van der Waals surface area contributed by atoms with Crippen LogP contribution in [0.3, 0.4) is 0 Å². The van der Waals surface area contributed by atoms with Crippen LogP contribution in [0.15, 0.2) is 39.4 Å². The number of anilines is 2. The van der Waals surface area contributed by atoms with Crippen molar-refractivity contribution in [3.05, 3.63) is 50.2 Å². The van der Waals surface area contributed by atoms with Crippen molar-refractivity contribution in [2.75, 3.05) is 5.32 Å². The van der Waals surface area contributed by atoms with Crippen LogP contribution in [0, 0.1) is 5.82 Å². The Balaban J connectivity index is 2.28. The van der Waals surface area contributed by atoms with Crippen molar-refractivity contribution in [1.29, 1.82) is 0 Å². The highest BCUT2D eigenvalue weighted by atomic mass is 79.9. The molecule has 0 unspecified atom stereocenters. The lowest BCUT2D eigenvalue weighted by atomic mass is 10.3. The Hall–Kier alpha value is -0.650. The van der Waals surface area contributed by atoms with E-state index in [2.05, 4.69) is 42.2 Å². The number of hydrogen-bond donors (Lipinski definition) is 1. The molecule has 0 radical (unpaired) electrons. The van der Waals surface area contributed by atoms with Crippen molar-refractivity contribution < 1.29 is 4.39 Å². The van der Waals surface area contributed by atoms with Crippen molar-refractivity contribution in [2.24, 2.45) is 0 Å². The maximum Gasteiger partial charge on any atom is 0.166 e. The molecule has 0 saturated carbocycles. The number of halogens is 4.